The maximum Gasteiger partial charge on any atom is 0.274 e. The molecule has 0 atom stereocenters. The fourth-order valence-corrected chi connectivity index (χ4v) is 3.25. The monoisotopic (exact) mass is 358 g/mol. The Kier molecular flexibility index (Phi) is 5.87. The van der Waals surface area contributed by atoms with Crippen molar-refractivity contribution in [1.29, 1.82) is 0 Å². The van der Waals surface area contributed by atoms with Gasteiger partial charge in [-0.05, 0) is 43.5 Å². The van der Waals surface area contributed by atoms with E-state index < -0.39 is 0 Å². The molecular formula is C19H23ClN4O. The highest BCUT2D eigenvalue weighted by atomic mass is 35.5. The zero-order valence-electron chi connectivity index (χ0n) is 14.4. The number of benzene rings is 1. The van der Waals surface area contributed by atoms with Gasteiger partial charge in [-0.3, -0.25) is 4.79 Å². The van der Waals surface area contributed by atoms with Crippen LogP contribution < -0.4 is 10.6 Å². The number of anilines is 2. The highest BCUT2D eigenvalue weighted by Gasteiger charge is 2.15. The smallest absolute Gasteiger partial charge is 0.274 e. The van der Waals surface area contributed by atoms with Gasteiger partial charge < -0.3 is 10.6 Å². The number of halogens is 1. The molecular weight excluding hydrogens is 336 g/mol. The SMILES string of the molecule is Cc1ccc(Cl)cc1NC(=O)c1ccnc(NC2CCCCCC2)n1. The molecule has 2 N–H and O–H groups in total. The van der Waals surface area contributed by atoms with Crippen LogP contribution in [0.25, 0.3) is 0 Å². The number of amides is 1. The molecule has 5 nitrogen and oxygen atoms in total. The minimum absolute atomic E-state index is 0.267. The molecule has 2 aromatic rings. The Labute approximate surface area is 153 Å². The molecule has 1 aromatic heterocycles. The molecule has 0 bridgehead atoms. The van der Waals surface area contributed by atoms with E-state index in [9.17, 15) is 4.79 Å². The van der Waals surface area contributed by atoms with E-state index in [2.05, 4.69) is 20.6 Å². The molecule has 0 unspecified atom stereocenters. The second kappa shape index (κ2) is 8.30. The predicted octanol–water partition coefficient (Wildman–Crippen LogP) is 4.83. The second-order valence-corrected chi connectivity index (χ2v) is 6.95. The van der Waals surface area contributed by atoms with Gasteiger partial charge in [-0.1, -0.05) is 43.4 Å². The Morgan fingerprint density at radius 3 is 2.68 bits per heavy atom. The molecule has 132 valence electrons. The Hall–Kier alpha value is -2.14. The van der Waals surface area contributed by atoms with Crippen molar-refractivity contribution in [2.75, 3.05) is 10.6 Å². The highest BCUT2D eigenvalue weighted by molar-refractivity contribution is 6.31. The average Bonchev–Trinajstić information content (AvgIpc) is 2.87. The van der Waals surface area contributed by atoms with Gasteiger partial charge in [0.15, 0.2) is 0 Å². The van der Waals surface area contributed by atoms with E-state index >= 15 is 0 Å². The maximum atomic E-state index is 12.5. The average molecular weight is 359 g/mol. The van der Waals surface area contributed by atoms with Crippen molar-refractivity contribution < 1.29 is 4.79 Å². The van der Waals surface area contributed by atoms with Crippen LogP contribution >= 0.6 is 11.6 Å². The van der Waals surface area contributed by atoms with Crippen molar-refractivity contribution in [3.8, 4) is 0 Å². The van der Waals surface area contributed by atoms with Gasteiger partial charge in [0.1, 0.15) is 5.69 Å². The predicted molar refractivity (Wildman–Crippen MR) is 101 cm³/mol. The topological polar surface area (TPSA) is 66.9 Å². The van der Waals surface area contributed by atoms with Crippen LogP contribution in [0.1, 0.15) is 54.6 Å². The van der Waals surface area contributed by atoms with Gasteiger partial charge in [0.25, 0.3) is 5.91 Å². The van der Waals surface area contributed by atoms with Crippen molar-refractivity contribution in [2.45, 2.75) is 51.5 Å². The molecule has 1 aliphatic carbocycles. The third-order valence-corrected chi connectivity index (χ3v) is 4.76. The first-order valence-electron chi connectivity index (χ1n) is 8.79. The number of aryl methyl sites for hydroxylation is 1. The quantitative estimate of drug-likeness (QED) is 0.768. The van der Waals surface area contributed by atoms with E-state index in [1.165, 1.54) is 25.7 Å². The third kappa shape index (κ3) is 4.92. The molecule has 6 heteroatoms. The number of carbonyl (C=O) groups is 1. The van der Waals surface area contributed by atoms with Gasteiger partial charge in [-0.25, -0.2) is 9.97 Å². The zero-order valence-corrected chi connectivity index (χ0v) is 15.1. The number of nitrogens with zero attached hydrogens (tertiary/aromatic N) is 2. The van der Waals surface area contributed by atoms with Crippen LogP contribution in [0, 0.1) is 6.92 Å². The van der Waals surface area contributed by atoms with Crippen LogP contribution in [0.4, 0.5) is 11.6 Å². The second-order valence-electron chi connectivity index (χ2n) is 6.51. The molecule has 25 heavy (non-hydrogen) atoms. The summed E-state index contributed by atoms with van der Waals surface area (Å²) in [5.41, 5.74) is 1.98. The van der Waals surface area contributed by atoms with Crippen LogP contribution in [-0.4, -0.2) is 21.9 Å². The molecule has 1 saturated carbocycles. The molecule has 1 fully saturated rings. The lowest BCUT2D eigenvalue weighted by molar-refractivity contribution is 0.102. The summed E-state index contributed by atoms with van der Waals surface area (Å²) in [6.07, 6.45) is 8.91. The Balaban J connectivity index is 1.69. The van der Waals surface area contributed by atoms with E-state index in [1.807, 2.05) is 13.0 Å². The van der Waals surface area contributed by atoms with Crippen LogP contribution in [-0.2, 0) is 0 Å². The van der Waals surface area contributed by atoms with Crippen molar-refractivity contribution in [1.82, 2.24) is 9.97 Å². The zero-order chi connectivity index (χ0) is 17.6. The van der Waals surface area contributed by atoms with Crippen LogP contribution in [0.5, 0.6) is 0 Å². The van der Waals surface area contributed by atoms with E-state index in [0.717, 1.165) is 18.4 Å². The molecule has 1 heterocycles. The van der Waals surface area contributed by atoms with Crippen LogP contribution in [0.3, 0.4) is 0 Å². The normalized spacial score (nSPS) is 15.4. The Morgan fingerprint density at radius 1 is 1.16 bits per heavy atom. The van der Waals surface area contributed by atoms with Crippen molar-refractivity contribution in [2.24, 2.45) is 0 Å². The lowest BCUT2D eigenvalue weighted by Gasteiger charge is -2.16. The van der Waals surface area contributed by atoms with Crippen molar-refractivity contribution in [3.63, 3.8) is 0 Å². The summed E-state index contributed by atoms with van der Waals surface area (Å²) in [7, 11) is 0. The van der Waals surface area contributed by atoms with Gasteiger partial charge >= 0.3 is 0 Å². The summed E-state index contributed by atoms with van der Waals surface area (Å²) in [5, 5.41) is 6.83. The Morgan fingerprint density at radius 2 is 1.92 bits per heavy atom. The lowest BCUT2D eigenvalue weighted by atomic mass is 10.1. The summed E-state index contributed by atoms with van der Waals surface area (Å²) >= 11 is 6.01. The largest absolute Gasteiger partial charge is 0.351 e. The first-order valence-corrected chi connectivity index (χ1v) is 9.17. The molecule has 3 rings (SSSR count). The van der Waals surface area contributed by atoms with E-state index in [-0.39, 0.29) is 5.91 Å². The lowest BCUT2D eigenvalue weighted by Crippen LogP contribution is -2.21. The van der Waals surface area contributed by atoms with Crippen LogP contribution in [0.2, 0.25) is 5.02 Å². The van der Waals surface area contributed by atoms with Gasteiger partial charge in [-0.2, -0.15) is 0 Å². The van der Waals surface area contributed by atoms with Gasteiger partial charge in [-0.15, -0.1) is 0 Å². The highest BCUT2D eigenvalue weighted by Crippen LogP contribution is 2.22. The molecule has 1 aromatic carbocycles. The van der Waals surface area contributed by atoms with E-state index in [4.69, 9.17) is 11.6 Å². The molecule has 1 amide bonds. The minimum Gasteiger partial charge on any atom is -0.351 e. The maximum absolute atomic E-state index is 12.5. The fourth-order valence-electron chi connectivity index (χ4n) is 3.08. The number of nitrogens with one attached hydrogen (secondary N) is 2. The molecule has 0 saturated heterocycles. The van der Waals surface area contributed by atoms with Crippen molar-refractivity contribution in [3.05, 3.63) is 46.7 Å². The summed E-state index contributed by atoms with van der Waals surface area (Å²) < 4.78 is 0. The number of hydrogen-bond acceptors (Lipinski definition) is 4. The number of aromatic nitrogens is 2. The minimum atomic E-state index is -0.267. The standard InChI is InChI=1S/C19H23ClN4O/c1-13-8-9-14(20)12-17(13)23-18(25)16-10-11-21-19(24-16)22-15-6-4-2-3-5-7-15/h8-12,15H,2-7H2,1H3,(H,23,25)(H,21,22,24). The summed E-state index contributed by atoms with van der Waals surface area (Å²) in [6.45, 7) is 1.92. The molecule has 0 aliphatic heterocycles. The summed E-state index contributed by atoms with van der Waals surface area (Å²) in [6, 6.07) is 7.41. The number of rotatable bonds is 4. The van der Waals surface area contributed by atoms with E-state index in [1.54, 1.807) is 24.4 Å². The fraction of sp³-hybridized carbons (Fsp3) is 0.421. The van der Waals surface area contributed by atoms with Gasteiger partial charge in [0.05, 0.1) is 0 Å². The van der Waals surface area contributed by atoms with Gasteiger partial charge in [0.2, 0.25) is 5.95 Å². The number of carbonyl (C=O) groups excluding carboxylic acids is 1. The third-order valence-electron chi connectivity index (χ3n) is 4.52. The van der Waals surface area contributed by atoms with Crippen molar-refractivity contribution >= 4 is 29.1 Å². The number of hydrogen-bond donors (Lipinski definition) is 2. The first-order chi connectivity index (χ1) is 12.1. The van der Waals surface area contributed by atoms with Gasteiger partial charge in [0, 0.05) is 22.9 Å². The molecule has 0 spiro atoms. The Bertz CT molecular complexity index is 742. The summed E-state index contributed by atoms with van der Waals surface area (Å²) in [5.74, 6) is 0.249. The van der Waals surface area contributed by atoms with Crippen LogP contribution in [0.15, 0.2) is 30.5 Å². The summed E-state index contributed by atoms with van der Waals surface area (Å²) in [4.78, 5) is 21.1. The molecule has 0 radical (unpaired) electrons. The first kappa shape index (κ1) is 17.7. The molecule has 1 aliphatic rings. The van der Waals surface area contributed by atoms with E-state index in [0.29, 0.717) is 28.4 Å².